The summed E-state index contributed by atoms with van der Waals surface area (Å²) in [5.41, 5.74) is 0.0401. The second-order valence-electron chi connectivity index (χ2n) is 11.0. The first-order valence-corrected chi connectivity index (χ1v) is 16.4. The standard InChI is InChI=1S/C33H31ClN4O8S/c1-44-20-15-16-26(25(18-20)46-3)47(42,43)38(33(40)41)19-27(34)37(28-14-8-9-17-35-28)30(22-11-5-7-13-24(22)45-2)31(38)29-21-10-4-6-12-23(21)36-32(29)39/h4-18,27,29-31H,19H2,1-3H3,(H-,36,39,40,41)/p+1. The zero-order valence-electron chi connectivity index (χ0n) is 25.6. The van der Waals surface area contributed by atoms with Gasteiger partial charge in [0, 0.05) is 23.5 Å². The van der Waals surface area contributed by atoms with Gasteiger partial charge >= 0.3 is 16.1 Å². The number of quaternary nitrogens is 1. The van der Waals surface area contributed by atoms with Gasteiger partial charge in [0.15, 0.2) is 16.4 Å². The van der Waals surface area contributed by atoms with E-state index in [4.69, 9.17) is 25.8 Å². The molecule has 47 heavy (non-hydrogen) atoms. The van der Waals surface area contributed by atoms with Gasteiger partial charge in [-0.25, -0.2) is 4.98 Å². The lowest BCUT2D eigenvalue weighted by Gasteiger charge is -2.53. The van der Waals surface area contributed by atoms with Crippen LogP contribution in [-0.4, -0.2) is 73.8 Å². The van der Waals surface area contributed by atoms with Crippen molar-refractivity contribution in [3.8, 4) is 17.2 Å². The second-order valence-corrected chi connectivity index (χ2v) is 13.6. The van der Waals surface area contributed by atoms with Crippen molar-refractivity contribution < 1.29 is 41.2 Å². The minimum Gasteiger partial charge on any atom is -0.497 e. The molecule has 2 N–H and O–H groups in total. The zero-order chi connectivity index (χ0) is 33.5. The summed E-state index contributed by atoms with van der Waals surface area (Å²) >= 11 is 7.16. The number of nitrogens with zero attached hydrogens (tertiary/aromatic N) is 3. The van der Waals surface area contributed by atoms with E-state index >= 15 is 8.42 Å². The van der Waals surface area contributed by atoms with Crippen molar-refractivity contribution in [2.45, 2.75) is 28.4 Å². The largest absolute Gasteiger partial charge is 0.530 e. The molecule has 14 heteroatoms. The summed E-state index contributed by atoms with van der Waals surface area (Å²) in [6.45, 7) is -0.673. The number of carbonyl (C=O) groups excluding carboxylic acids is 1. The molecule has 2 amide bonds. The van der Waals surface area contributed by atoms with Crippen molar-refractivity contribution in [2.24, 2.45) is 0 Å². The molecule has 0 bridgehead atoms. The SMILES string of the molecule is COc1ccc(S(=O)(=O)[N+]2(C(=O)O)CC(Cl)N(c3ccccn3)C(c3ccccc3OC)C2C2C(=O)Nc3ccccc32)c(OC)c1. The number of benzene rings is 3. The van der Waals surface area contributed by atoms with Gasteiger partial charge in [-0.1, -0.05) is 54.1 Å². The number of hydrogen-bond acceptors (Lipinski definition) is 9. The number of sulfonamides is 1. The first-order valence-electron chi connectivity index (χ1n) is 14.5. The molecule has 4 aromatic rings. The van der Waals surface area contributed by atoms with E-state index in [-0.39, 0.29) is 5.75 Å². The molecular formula is C33H32ClN4O8S+. The maximum atomic E-state index is 15.3. The Kier molecular flexibility index (Phi) is 8.47. The summed E-state index contributed by atoms with van der Waals surface area (Å²) in [6, 6.07) is 20.1. The number of methoxy groups -OCH3 is 3. The molecule has 2 aliphatic rings. The van der Waals surface area contributed by atoms with Crippen molar-refractivity contribution in [2.75, 3.05) is 38.1 Å². The van der Waals surface area contributed by atoms with Crippen LogP contribution in [-0.2, 0) is 14.8 Å². The highest BCUT2D eigenvalue weighted by Crippen LogP contribution is 2.54. The van der Waals surface area contributed by atoms with Crippen LogP contribution in [0.25, 0.3) is 0 Å². The molecule has 244 valence electrons. The van der Waals surface area contributed by atoms with Gasteiger partial charge in [-0.15, -0.1) is 3.89 Å². The minimum absolute atomic E-state index is 0.134. The van der Waals surface area contributed by atoms with E-state index in [0.29, 0.717) is 34.1 Å². The summed E-state index contributed by atoms with van der Waals surface area (Å²) in [5, 5.41) is 14.2. The van der Waals surface area contributed by atoms with Crippen LogP contribution in [0.1, 0.15) is 23.1 Å². The third kappa shape index (κ3) is 5.01. The molecule has 0 spiro atoms. The Hall–Kier alpha value is -4.85. The molecule has 5 unspecified atom stereocenters. The number of pyridine rings is 1. The predicted octanol–water partition coefficient (Wildman–Crippen LogP) is 5.22. The predicted molar refractivity (Wildman–Crippen MR) is 174 cm³/mol. The molecule has 0 aliphatic carbocycles. The van der Waals surface area contributed by atoms with Gasteiger partial charge in [0.2, 0.25) is 5.91 Å². The monoisotopic (exact) mass is 679 g/mol. The van der Waals surface area contributed by atoms with Crippen molar-refractivity contribution in [1.82, 2.24) is 4.98 Å². The van der Waals surface area contributed by atoms with E-state index in [9.17, 15) is 14.7 Å². The number of piperazine rings is 1. The fraction of sp³-hybridized carbons (Fsp3) is 0.242. The first-order chi connectivity index (χ1) is 22.6. The number of alkyl halides is 1. The number of rotatable bonds is 8. The highest BCUT2D eigenvalue weighted by molar-refractivity contribution is 7.86. The number of anilines is 2. The normalized spacial score (nSPS) is 23.8. The van der Waals surface area contributed by atoms with E-state index in [0.717, 1.165) is 0 Å². The lowest BCUT2D eigenvalue weighted by molar-refractivity contribution is -0.769. The van der Waals surface area contributed by atoms with Gasteiger partial charge in [-0.3, -0.25) is 4.79 Å². The third-order valence-corrected chi connectivity index (χ3v) is 11.4. The van der Waals surface area contributed by atoms with Crippen molar-refractivity contribution in [3.05, 3.63) is 102 Å². The molecule has 1 aromatic heterocycles. The number of carboxylic acid groups (broad SMARTS) is 1. The molecule has 0 saturated carbocycles. The number of para-hydroxylation sites is 2. The molecule has 3 aromatic carbocycles. The summed E-state index contributed by atoms with van der Waals surface area (Å²) in [5.74, 6) is -1.00. The summed E-state index contributed by atoms with van der Waals surface area (Å²) in [6.07, 6.45) is -0.172. The van der Waals surface area contributed by atoms with Gasteiger partial charge < -0.3 is 29.5 Å². The molecule has 5 atom stereocenters. The van der Waals surface area contributed by atoms with Crippen LogP contribution >= 0.6 is 11.6 Å². The Morgan fingerprint density at radius 2 is 1.62 bits per heavy atom. The number of amides is 2. The maximum Gasteiger partial charge on any atom is 0.530 e. The van der Waals surface area contributed by atoms with Crippen LogP contribution < -0.4 is 24.4 Å². The average Bonchev–Trinajstić information content (AvgIpc) is 3.42. The first kappa shape index (κ1) is 32.1. The van der Waals surface area contributed by atoms with Crippen molar-refractivity contribution in [1.29, 1.82) is 0 Å². The van der Waals surface area contributed by atoms with Gasteiger partial charge in [0.05, 0.1) is 21.3 Å². The summed E-state index contributed by atoms with van der Waals surface area (Å²) in [7, 11) is -0.857. The number of aromatic nitrogens is 1. The van der Waals surface area contributed by atoms with Crippen molar-refractivity contribution >= 4 is 45.1 Å². The van der Waals surface area contributed by atoms with Crippen LogP contribution in [0.2, 0.25) is 0 Å². The highest BCUT2D eigenvalue weighted by Gasteiger charge is 2.69. The van der Waals surface area contributed by atoms with Crippen LogP contribution in [0.5, 0.6) is 17.2 Å². The summed E-state index contributed by atoms with van der Waals surface area (Å²) < 4.78 is 45.4. The molecule has 1 saturated heterocycles. The molecule has 2 aliphatic heterocycles. The van der Waals surface area contributed by atoms with E-state index in [1.165, 1.54) is 39.5 Å². The fourth-order valence-corrected chi connectivity index (χ4v) is 9.37. The zero-order valence-corrected chi connectivity index (χ0v) is 27.2. The number of ether oxygens (including phenoxy) is 3. The lowest BCUT2D eigenvalue weighted by Crippen LogP contribution is -2.74. The number of nitrogens with one attached hydrogen (secondary N) is 1. The van der Waals surface area contributed by atoms with E-state index in [1.807, 2.05) is 0 Å². The Balaban J connectivity index is 1.74. The highest BCUT2D eigenvalue weighted by atomic mass is 35.5. The van der Waals surface area contributed by atoms with Crippen LogP contribution in [0.4, 0.5) is 16.3 Å². The van der Waals surface area contributed by atoms with Crippen LogP contribution in [0.3, 0.4) is 0 Å². The van der Waals surface area contributed by atoms with Crippen molar-refractivity contribution in [3.63, 3.8) is 0 Å². The molecule has 0 radical (unpaired) electrons. The summed E-state index contributed by atoms with van der Waals surface area (Å²) in [4.78, 5) is 33.9. The topological polar surface area (TPSA) is 144 Å². The number of fused-ring (bicyclic) bond motifs is 1. The molecule has 1 fully saturated rings. The quantitative estimate of drug-likeness (QED) is 0.144. The van der Waals surface area contributed by atoms with Gasteiger partial charge in [-0.05, 0) is 42.0 Å². The van der Waals surface area contributed by atoms with Crippen LogP contribution in [0, 0.1) is 0 Å². The van der Waals surface area contributed by atoms with E-state index < -0.39 is 60.9 Å². The lowest BCUT2D eigenvalue weighted by atomic mass is 9.81. The minimum atomic E-state index is -5.00. The van der Waals surface area contributed by atoms with Gasteiger partial charge in [-0.2, -0.15) is 13.2 Å². The number of carbonyl (C=O) groups is 2. The van der Waals surface area contributed by atoms with Gasteiger partial charge in [0.1, 0.15) is 41.6 Å². The maximum absolute atomic E-state index is 15.3. The Morgan fingerprint density at radius 3 is 2.28 bits per heavy atom. The van der Waals surface area contributed by atoms with E-state index in [1.54, 1.807) is 77.8 Å². The molecule has 6 rings (SSSR count). The third-order valence-electron chi connectivity index (χ3n) is 8.78. The average molecular weight is 680 g/mol. The Labute approximate surface area is 276 Å². The Bertz CT molecular complexity index is 1950. The van der Waals surface area contributed by atoms with E-state index in [2.05, 4.69) is 10.3 Å². The molecule has 12 nitrogen and oxygen atoms in total. The molecule has 3 heterocycles. The number of halogens is 1. The van der Waals surface area contributed by atoms with Gasteiger partial charge in [0.25, 0.3) is 0 Å². The number of hydrogen-bond donors (Lipinski definition) is 2. The second kappa shape index (κ2) is 12.4. The fourth-order valence-electron chi connectivity index (χ4n) is 6.76. The van der Waals surface area contributed by atoms with Crippen LogP contribution in [0.15, 0.2) is 96.0 Å². The Morgan fingerprint density at radius 1 is 0.936 bits per heavy atom. The smallest absolute Gasteiger partial charge is 0.497 e. The molecular weight excluding hydrogens is 648 g/mol.